The average Bonchev–Trinajstić information content (AvgIpc) is 3.18. The molecule has 1 fully saturated rings. The van der Waals surface area contributed by atoms with Gasteiger partial charge in [0, 0.05) is 24.7 Å². The third-order valence-corrected chi connectivity index (χ3v) is 6.51. The second kappa shape index (κ2) is 7.08. The van der Waals surface area contributed by atoms with Gasteiger partial charge in [-0.05, 0) is 37.5 Å². The number of benzene rings is 1. The Kier molecular flexibility index (Phi) is 4.88. The summed E-state index contributed by atoms with van der Waals surface area (Å²) in [5.74, 6) is 0.107. The molecular formula is C16H16F3N5O2S2. The number of rotatable bonds is 7. The highest BCUT2D eigenvalue weighted by Crippen LogP contribution is 2.42. The summed E-state index contributed by atoms with van der Waals surface area (Å²) in [5.41, 5.74) is 0.460. The van der Waals surface area contributed by atoms with Crippen LogP contribution in [0, 0.1) is 0 Å². The normalized spacial score (nSPS) is 15.4. The predicted molar refractivity (Wildman–Crippen MR) is 96.4 cm³/mol. The number of hydrogen-bond donors (Lipinski definition) is 1. The Bertz CT molecular complexity index is 1100. The fraction of sp³-hybridized carbons (Fsp3) is 0.438. The van der Waals surface area contributed by atoms with Crippen molar-refractivity contribution in [3.05, 3.63) is 35.7 Å². The van der Waals surface area contributed by atoms with Crippen LogP contribution in [0.1, 0.15) is 36.6 Å². The number of sulfonamides is 1. The largest absolute Gasteiger partial charge is 0.435 e. The topological polar surface area (TPSA) is 89.8 Å². The van der Waals surface area contributed by atoms with Crippen LogP contribution in [0.3, 0.4) is 0 Å². The van der Waals surface area contributed by atoms with Gasteiger partial charge in [0.25, 0.3) is 0 Å². The van der Waals surface area contributed by atoms with Crippen LogP contribution < -0.4 is 4.72 Å². The van der Waals surface area contributed by atoms with Crippen LogP contribution in [0.5, 0.6) is 0 Å². The molecule has 0 amide bonds. The molecule has 1 saturated carbocycles. The summed E-state index contributed by atoms with van der Waals surface area (Å²) in [4.78, 5) is 0.0378. The molecule has 1 aliphatic carbocycles. The molecule has 1 aromatic carbocycles. The van der Waals surface area contributed by atoms with Gasteiger partial charge in [-0.25, -0.2) is 13.1 Å². The van der Waals surface area contributed by atoms with E-state index in [1.807, 2.05) is 0 Å². The number of nitrogens with one attached hydrogen (secondary N) is 1. The minimum absolute atomic E-state index is 0.0378. The number of halogens is 3. The number of fused-ring (bicyclic) bond motifs is 1. The van der Waals surface area contributed by atoms with E-state index in [-0.39, 0.29) is 23.9 Å². The molecule has 28 heavy (non-hydrogen) atoms. The second-order valence-electron chi connectivity index (χ2n) is 6.59. The van der Waals surface area contributed by atoms with Gasteiger partial charge in [0.15, 0.2) is 5.69 Å². The summed E-state index contributed by atoms with van der Waals surface area (Å²) in [7, 11) is -3.80. The van der Waals surface area contributed by atoms with E-state index in [0.29, 0.717) is 23.1 Å². The van der Waals surface area contributed by atoms with Crippen LogP contribution in [0.2, 0.25) is 0 Å². The standard InChI is InChI=1S/C16H16F3N5O2S2/c17-16(18,19)14-9-12(10-5-6-10)24(21-14)8-2-7-20-28(25,26)13-4-1-3-11-15(13)23-27-22-11/h1,3-4,9-10,20H,2,5-8H2. The first-order valence-electron chi connectivity index (χ1n) is 8.61. The fourth-order valence-electron chi connectivity index (χ4n) is 2.97. The lowest BCUT2D eigenvalue weighted by molar-refractivity contribution is -0.141. The number of aryl methyl sites for hydroxylation is 1. The minimum Gasteiger partial charge on any atom is -0.269 e. The summed E-state index contributed by atoms with van der Waals surface area (Å²) < 4.78 is 75.7. The number of alkyl halides is 3. The first-order chi connectivity index (χ1) is 13.3. The highest BCUT2D eigenvalue weighted by molar-refractivity contribution is 7.89. The van der Waals surface area contributed by atoms with E-state index in [4.69, 9.17) is 0 Å². The van der Waals surface area contributed by atoms with E-state index in [0.717, 1.165) is 30.6 Å². The average molecular weight is 431 g/mol. The van der Waals surface area contributed by atoms with Gasteiger partial charge in [-0.15, -0.1) is 0 Å². The smallest absolute Gasteiger partial charge is 0.269 e. The van der Waals surface area contributed by atoms with Crippen LogP contribution in [-0.2, 0) is 22.7 Å². The molecule has 12 heteroatoms. The van der Waals surface area contributed by atoms with Crippen molar-refractivity contribution in [1.82, 2.24) is 23.2 Å². The molecule has 0 atom stereocenters. The molecule has 7 nitrogen and oxygen atoms in total. The van der Waals surface area contributed by atoms with Gasteiger partial charge >= 0.3 is 6.18 Å². The number of hydrogen-bond acceptors (Lipinski definition) is 6. The Hall–Kier alpha value is -2.05. The molecule has 4 rings (SSSR count). The molecule has 0 aliphatic heterocycles. The SMILES string of the molecule is O=S(=O)(NCCCn1nc(C(F)(F)F)cc1C1CC1)c1cccc2nsnc12. The summed E-state index contributed by atoms with van der Waals surface area (Å²) >= 11 is 0.927. The maximum Gasteiger partial charge on any atom is 0.435 e. The summed E-state index contributed by atoms with van der Waals surface area (Å²) in [6.07, 6.45) is -2.48. The maximum atomic E-state index is 12.9. The van der Waals surface area contributed by atoms with Crippen molar-refractivity contribution in [1.29, 1.82) is 0 Å². The molecule has 0 unspecified atom stereocenters. The molecule has 2 aromatic heterocycles. The van der Waals surface area contributed by atoms with Crippen LogP contribution in [0.4, 0.5) is 13.2 Å². The van der Waals surface area contributed by atoms with Crippen molar-refractivity contribution in [2.24, 2.45) is 0 Å². The van der Waals surface area contributed by atoms with E-state index in [1.165, 1.54) is 10.7 Å². The molecule has 0 saturated heterocycles. The van der Waals surface area contributed by atoms with Crippen molar-refractivity contribution in [2.75, 3.05) is 6.54 Å². The van der Waals surface area contributed by atoms with E-state index in [1.54, 1.807) is 12.1 Å². The summed E-state index contributed by atoms with van der Waals surface area (Å²) in [5, 5.41) is 3.67. The molecule has 0 bridgehead atoms. The van der Waals surface area contributed by atoms with Gasteiger partial charge in [0.2, 0.25) is 10.0 Å². The van der Waals surface area contributed by atoms with Crippen molar-refractivity contribution < 1.29 is 21.6 Å². The molecular weight excluding hydrogens is 415 g/mol. The minimum atomic E-state index is -4.49. The lowest BCUT2D eigenvalue weighted by atomic mass is 10.2. The third-order valence-electron chi connectivity index (χ3n) is 4.47. The first kappa shape index (κ1) is 19.3. The zero-order valence-electron chi connectivity index (χ0n) is 14.5. The third kappa shape index (κ3) is 3.89. The summed E-state index contributed by atoms with van der Waals surface area (Å²) in [6, 6.07) is 5.80. The Morgan fingerprint density at radius 2 is 2.04 bits per heavy atom. The molecule has 0 radical (unpaired) electrons. The Morgan fingerprint density at radius 3 is 2.75 bits per heavy atom. The van der Waals surface area contributed by atoms with Gasteiger partial charge < -0.3 is 0 Å². The highest BCUT2D eigenvalue weighted by Gasteiger charge is 2.37. The quantitative estimate of drug-likeness (QED) is 0.581. The van der Waals surface area contributed by atoms with Crippen molar-refractivity contribution >= 4 is 32.8 Å². The van der Waals surface area contributed by atoms with Gasteiger partial charge in [-0.1, -0.05) is 6.07 Å². The van der Waals surface area contributed by atoms with Crippen molar-refractivity contribution in [3.63, 3.8) is 0 Å². The Labute approximate surface area is 162 Å². The monoisotopic (exact) mass is 431 g/mol. The zero-order valence-corrected chi connectivity index (χ0v) is 16.1. The molecule has 2 heterocycles. The van der Waals surface area contributed by atoms with E-state index >= 15 is 0 Å². The molecule has 3 aromatic rings. The zero-order chi connectivity index (χ0) is 19.9. The molecule has 1 aliphatic rings. The molecule has 0 spiro atoms. The van der Waals surface area contributed by atoms with Gasteiger partial charge in [-0.3, -0.25) is 4.68 Å². The van der Waals surface area contributed by atoms with Gasteiger partial charge in [-0.2, -0.15) is 27.0 Å². The fourth-order valence-corrected chi connectivity index (χ4v) is 4.81. The van der Waals surface area contributed by atoms with E-state index < -0.39 is 21.9 Å². The highest BCUT2D eigenvalue weighted by atomic mass is 32.2. The lowest BCUT2D eigenvalue weighted by Gasteiger charge is -2.09. The first-order valence-corrected chi connectivity index (χ1v) is 10.8. The Balaban J connectivity index is 1.42. The van der Waals surface area contributed by atoms with Crippen LogP contribution >= 0.6 is 11.7 Å². The van der Waals surface area contributed by atoms with E-state index in [9.17, 15) is 21.6 Å². The van der Waals surface area contributed by atoms with Crippen LogP contribution in [0.25, 0.3) is 11.0 Å². The summed E-state index contributed by atoms with van der Waals surface area (Å²) in [6.45, 7) is 0.272. The van der Waals surface area contributed by atoms with Crippen LogP contribution in [-0.4, -0.2) is 33.5 Å². The number of aromatic nitrogens is 4. The van der Waals surface area contributed by atoms with Gasteiger partial charge in [0.1, 0.15) is 15.9 Å². The van der Waals surface area contributed by atoms with E-state index in [2.05, 4.69) is 18.6 Å². The molecule has 150 valence electrons. The molecule has 1 N–H and O–H groups in total. The van der Waals surface area contributed by atoms with Gasteiger partial charge in [0.05, 0.1) is 11.7 Å². The van der Waals surface area contributed by atoms with Crippen LogP contribution in [0.15, 0.2) is 29.2 Å². The number of nitrogens with zero attached hydrogens (tertiary/aromatic N) is 4. The maximum absolute atomic E-state index is 12.9. The Morgan fingerprint density at radius 1 is 1.25 bits per heavy atom. The van der Waals surface area contributed by atoms with Crippen molar-refractivity contribution in [2.45, 2.75) is 42.8 Å². The second-order valence-corrected chi connectivity index (χ2v) is 8.85. The van der Waals surface area contributed by atoms with Crippen molar-refractivity contribution in [3.8, 4) is 0 Å². The lowest BCUT2D eigenvalue weighted by Crippen LogP contribution is -2.26. The predicted octanol–water partition coefficient (Wildman–Crippen LogP) is 3.15.